The van der Waals surface area contributed by atoms with Gasteiger partial charge in [0, 0.05) is 49.2 Å². The number of carbonyl (C=O) groups excluding carboxylic acids is 2. The van der Waals surface area contributed by atoms with Gasteiger partial charge in [-0.1, -0.05) is 44.5 Å². The van der Waals surface area contributed by atoms with E-state index in [4.69, 9.17) is 11.6 Å². The molecule has 0 aliphatic carbocycles. The minimum atomic E-state index is -0.952. The lowest BCUT2D eigenvalue weighted by atomic mass is 9.62. The molecule has 2 aliphatic rings. The molecule has 1 fully saturated rings. The van der Waals surface area contributed by atoms with Crippen LogP contribution in [-0.2, 0) is 15.0 Å². The van der Waals surface area contributed by atoms with E-state index in [9.17, 15) is 9.59 Å². The first-order valence-electron chi connectivity index (χ1n) is 10.5. The van der Waals surface area contributed by atoms with Crippen molar-refractivity contribution in [2.24, 2.45) is 5.41 Å². The van der Waals surface area contributed by atoms with Crippen LogP contribution in [0.15, 0.2) is 42.7 Å². The highest BCUT2D eigenvalue weighted by molar-refractivity contribution is 6.31. The Morgan fingerprint density at radius 1 is 1.26 bits per heavy atom. The average Bonchev–Trinajstić information content (AvgIpc) is 3.16. The molecule has 6 nitrogen and oxygen atoms in total. The molecule has 4 atom stereocenters. The Balaban J connectivity index is 1.99. The molecule has 2 aliphatic heterocycles. The van der Waals surface area contributed by atoms with Crippen LogP contribution in [0.2, 0.25) is 5.02 Å². The summed E-state index contributed by atoms with van der Waals surface area (Å²) in [5, 5.41) is 7.21. The second-order valence-corrected chi connectivity index (χ2v) is 10.4. The lowest BCUT2D eigenvalue weighted by molar-refractivity contribution is -0.131. The smallest absolute Gasteiger partial charge is 0.239 e. The fourth-order valence-electron chi connectivity index (χ4n) is 5.25. The number of nitrogens with one attached hydrogen (secondary N) is 2. The zero-order valence-electron chi connectivity index (χ0n) is 18.6. The van der Waals surface area contributed by atoms with Gasteiger partial charge in [0.05, 0.1) is 6.04 Å². The van der Waals surface area contributed by atoms with Crippen LogP contribution in [0, 0.1) is 5.41 Å². The monoisotopic (exact) mass is 440 g/mol. The molecule has 0 bridgehead atoms. The van der Waals surface area contributed by atoms with Crippen LogP contribution in [0.3, 0.4) is 0 Å². The number of halogens is 1. The Labute approximate surface area is 188 Å². The third kappa shape index (κ3) is 3.52. The predicted molar refractivity (Wildman–Crippen MR) is 122 cm³/mol. The number of hydrogen-bond donors (Lipinski definition) is 2. The topological polar surface area (TPSA) is 74.3 Å². The van der Waals surface area contributed by atoms with Crippen molar-refractivity contribution in [1.29, 1.82) is 0 Å². The Morgan fingerprint density at radius 3 is 2.61 bits per heavy atom. The maximum atomic E-state index is 13.8. The number of nitrogens with zero attached hydrogens (tertiary/aromatic N) is 2. The van der Waals surface area contributed by atoms with Crippen LogP contribution in [0.1, 0.15) is 44.2 Å². The lowest BCUT2D eigenvalue weighted by Crippen LogP contribution is -2.49. The van der Waals surface area contributed by atoms with E-state index in [0.29, 0.717) is 10.7 Å². The van der Waals surface area contributed by atoms with Gasteiger partial charge in [0.25, 0.3) is 0 Å². The first kappa shape index (κ1) is 21.8. The first-order valence-corrected chi connectivity index (χ1v) is 10.9. The third-order valence-electron chi connectivity index (χ3n) is 6.37. The summed E-state index contributed by atoms with van der Waals surface area (Å²) in [7, 11) is 3.49. The number of aromatic nitrogens is 1. The van der Waals surface area contributed by atoms with Gasteiger partial charge in [0.1, 0.15) is 5.41 Å². The second kappa shape index (κ2) is 7.61. The highest BCUT2D eigenvalue weighted by Gasteiger charge is 2.65. The number of pyridine rings is 1. The van der Waals surface area contributed by atoms with E-state index in [1.165, 1.54) is 0 Å². The van der Waals surface area contributed by atoms with Crippen LogP contribution in [0.4, 0.5) is 5.69 Å². The minimum Gasteiger partial charge on any atom is -0.347 e. The molecule has 2 aromatic rings. The fourth-order valence-corrected chi connectivity index (χ4v) is 5.42. The van der Waals surface area contributed by atoms with Gasteiger partial charge in [-0.15, -0.1) is 0 Å². The summed E-state index contributed by atoms with van der Waals surface area (Å²) in [6.07, 6.45) is 4.19. The molecule has 1 saturated heterocycles. The van der Waals surface area contributed by atoms with Gasteiger partial charge >= 0.3 is 0 Å². The maximum absolute atomic E-state index is 13.8. The Kier molecular flexibility index (Phi) is 5.34. The Morgan fingerprint density at radius 2 is 2.00 bits per heavy atom. The van der Waals surface area contributed by atoms with Gasteiger partial charge in [0.2, 0.25) is 11.8 Å². The second-order valence-electron chi connectivity index (χ2n) is 9.97. The number of fused-ring (bicyclic) bond motifs is 2. The predicted octanol–water partition coefficient (Wildman–Crippen LogP) is 3.57. The number of hydrogen-bond acceptors (Lipinski definition) is 4. The highest BCUT2D eigenvalue weighted by atomic mass is 35.5. The normalized spacial score (nSPS) is 27.3. The van der Waals surface area contributed by atoms with Crippen LogP contribution < -0.4 is 10.6 Å². The fraction of sp³-hybridized carbons (Fsp3) is 0.458. The minimum absolute atomic E-state index is 0.0557. The summed E-state index contributed by atoms with van der Waals surface area (Å²) in [6.45, 7) is 6.45. The molecular formula is C24H29ClN4O2. The molecule has 7 heteroatoms. The van der Waals surface area contributed by atoms with Gasteiger partial charge in [-0.25, -0.2) is 0 Å². The van der Waals surface area contributed by atoms with Crippen molar-refractivity contribution < 1.29 is 9.59 Å². The molecule has 0 saturated carbocycles. The molecular weight excluding hydrogens is 412 g/mol. The van der Waals surface area contributed by atoms with E-state index in [1.54, 1.807) is 37.5 Å². The van der Waals surface area contributed by atoms with E-state index in [2.05, 4.69) is 36.4 Å². The zero-order valence-corrected chi connectivity index (χ0v) is 19.3. The molecule has 1 spiro atoms. The van der Waals surface area contributed by atoms with E-state index >= 15 is 0 Å². The highest BCUT2D eigenvalue weighted by Crippen LogP contribution is 2.56. The van der Waals surface area contributed by atoms with Gasteiger partial charge in [-0.05, 0) is 41.2 Å². The van der Waals surface area contributed by atoms with Gasteiger partial charge in [-0.3, -0.25) is 14.6 Å². The van der Waals surface area contributed by atoms with Crippen LogP contribution in [-0.4, -0.2) is 47.9 Å². The first-order chi connectivity index (χ1) is 14.6. The molecule has 164 valence electrons. The van der Waals surface area contributed by atoms with Crippen molar-refractivity contribution in [2.75, 3.05) is 19.4 Å². The summed E-state index contributed by atoms with van der Waals surface area (Å²) < 4.78 is 0. The third-order valence-corrected chi connectivity index (χ3v) is 6.61. The SMILES string of the molecule is CN(C)C(=O)[C@@H]1NC(CC(C)(C)C)[C@]2(C(=O)Nc3cc(Cl)ccc32)[C@H]1c1cccnc1. The molecule has 0 radical (unpaired) electrons. The van der Waals surface area contributed by atoms with Crippen LogP contribution in [0.25, 0.3) is 0 Å². The number of amides is 2. The molecule has 3 heterocycles. The molecule has 4 rings (SSSR count). The molecule has 1 aromatic heterocycles. The van der Waals surface area contributed by atoms with Crippen LogP contribution in [0.5, 0.6) is 0 Å². The van der Waals surface area contributed by atoms with Crippen molar-refractivity contribution in [3.8, 4) is 0 Å². The number of benzene rings is 1. The maximum Gasteiger partial charge on any atom is 0.239 e. The van der Waals surface area contributed by atoms with Crippen LogP contribution >= 0.6 is 11.6 Å². The van der Waals surface area contributed by atoms with Gasteiger partial charge in [-0.2, -0.15) is 0 Å². The number of likely N-dealkylation sites (N-methyl/N-ethyl adjacent to an activating group) is 1. The van der Waals surface area contributed by atoms with E-state index in [1.807, 2.05) is 24.3 Å². The summed E-state index contributed by atoms with van der Waals surface area (Å²) in [6, 6.07) is 8.55. The quantitative estimate of drug-likeness (QED) is 0.765. The zero-order chi connectivity index (χ0) is 22.6. The molecule has 1 unspecified atom stereocenters. The number of carbonyl (C=O) groups is 2. The molecule has 2 amide bonds. The average molecular weight is 441 g/mol. The summed E-state index contributed by atoms with van der Waals surface area (Å²) in [5.74, 6) is -0.569. The lowest BCUT2D eigenvalue weighted by Gasteiger charge is -2.37. The van der Waals surface area contributed by atoms with E-state index in [0.717, 1.165) is 17.5 Å². The van der Waals surface area contributed by atoms with Crippen molar-refractivity contribution in [3.05, 3.63) is 58.9 Å². The van der Waals surface area contributed by atoms with Crippen molar-refractivity contribution >= 4 is 29.1 Å². The number of anilines is 1. The number of rotatable bonds is 3. The van der Waals surface area contributed by atoms with Gasteiger partial charge < -0.3 is 15.5 Å². The van der Waals surface area contributed by atoms with Crippen molar-refractivity contribution in [3.63, 3.8) is 0 Å². The molecule has 2 N–H and O–H groups in total. The summed E-state index contributed by atoms with van der Waals surface area (Å²) in [5.41, 5.74) is 1.45. The summed E-state index contributed by atoms with van der Waals surface area (Å²) >= 11 is 6.25. The molecule has 1 aromatic carbocycles. The van der Waals surface area contributed by atoms with Crippen molar-refractivity contribution in [1.82, 2.24) is 15.2 Å². The van der Waals surface area contributed by atoms with E-state index < -0.39 is 17.4 Å². The Hall–Kier alpha value is -2.44. The largest absolute Gasteiger partial charge is 0.347 e. The Bertz CT molecular complexity index is 1020. The van der Waals surface area contributed by atoms with Gasteiger partial charge in [0.15, 0.2) is 0 Å². The molecule has 31 heavy (non-hydrogen) atoms. The van der Waals surface area contributed by atoms with E-state index in [-0.39, 0.29) is 23.3 Å². The standard InChI is InChI=1S/C24H29ClN4O2/c1-23(2,3)12-18-24(16-9-8-15(25)11-17(16)27-22(24)31)19(14-7-6-10-26-13-14)20(28-18)21(30)29(4)5/h6-11,13,18-20,28H,12H2,1-5H3,(H,27,31)/t18?,19-,20+,24-/m0/s1. The summed E-state index contributed by atoms with van der Waals surface area (Å²) in [4.78, 5) is 33.1. The van der Waals surface area contributed by atoms with Crippen molar-refractivity contribution in [2.45, 2.75) is 50.6 Å².